The summed E-state index contributed by atoms with van der Waals surface area (Å²) in [6, 6.07) is 8.82. The van der Waals surface area contributed by atoms with Gasteiger partial charge in [0.2, 0.25) is 0 Å². The highest BCUT2D eigenvalue weighted by atomic mass is 14.7. The van der Waals surface area contributed by atoms with Gasteiger partial charge in [-0.3, -0.25) is 0 Å². The van der Waals surface area contributed by atoms with Gasteiger partial charge in [-0.25, -0.2) is 0 Å². The Kier molecular flexibility index (Phi) is 1.92. The second kappa shape index (κ2) is 2.85. The zero-order chi connectivity index (χ0) is 9.47. The molecule has 0 spiro atoms. The van der Waals surface area contributed by atoms with Crippen LogP contribution in [0.1, 0.15) is 36.9 Å². The van der Waals surface area contributed by atoms with Crippen molar-refractivity contribution in [3.63, 3.8) is 0 Å². The van der Waals surface area contributed by atoms with E-state index in [1.807, 2.05) is 0 Å². The van der Waals surface area contributed by atoms with E-state index in [2.05, 4.69) is 38.1 Å². The van der Waals surface area contributed by atoms with Crippen LogP contribution in [0.25, 0.3) is 0 Å². The van der Waals surface area contributed by atoms with E-state index in [4.69, 9.17) is 5.73 Å². The van der Waals surface area contributed by atoms with Crippen molar-refractivity contribution < 1.29 is 0 Å². The van der Waals surface area contributed by atoms with E-state index in [0.29, 0.717) is 5.41 Å². The molecule has 1 fully saturated rings. The van der Waals surface area contributed by atoms with Crippen LogP contribution in [-0.4, -0.2) is 0 Å². The maximum atomic E-state index is 6.18. The third kappa shape index (κ3) is 1.61. The van der Waals surface area contributed by atoms with E-state index in [-0.39, 0.29) is 6.04 Å². The molecule has 1 aliphatic carbocycles. The van der Waals surface area contributed by atoms with Gasteiger partial charge in [0, 0.05) is 6.04 Å². The molecule has 0 aromatic heterocycles. The molecule has 0 amide bonds. The van der Waals surface area contributed by atoms with Gasteiger partial charge in [-0.15, -0.1) is 0 Å². The summed E-state index contributed by atoms with van der Waals surface area (Å²) in [6.07, 6.45) is 2.56. The summed E-state index contributed by atoms with van der Waals surface area (Å²) < 4.78 is 0. The van der Waals surface area contributed by atoms with Gasteiger partial charge < -0.3 is 5.73 Å². The van der Waals surface area contributed by atoms with E-state index in [1.165, 1.54) is 24.0 Å². The first-order chi connectivity index (χ1) is 6.12. The molecule has 0 radical (unpaired) electrons. The molecule has 1 aromatic carbocycles. The molecule has 1 atom stereocenters. The average Bonchev–Trinajstić information content (AvgIpc) is 2.85. The molecule has 0 aliphatic heterocycles. The first-order valence-electron chi connectivity index (χ1n) is 4.94. The zero-order valence-corrected chi connectivity index (χ0v) is 8.38. The Morgan fingerprint density at radius 2 is 1.77 bits per heavy atom. The van der Waals surface area contributed by atoms with Crippen molar-refractivity contribution in [2.24, 2.45) is 11.1 Å². The molecule has 0 bridgehead atoms. The van der Waals surface area contributed by atoms with Crippen LogP contribution in [0.4, 0.5) is 0 Å². The first-order valence-corrected chi connectivity index (χ1v) is 4.94. The summed E-state index contributed by atoms with van der Waals surface area (Å²) >= 11 is 0. The highest BCUT2D eigenvalue weighted by Crippen LogP contribution is 2.53. The van der Waals surface area contributed by atoms with Crippen molar-refractivity contribution in [3.05, 3.63) is 35.4 Å². The Bertz CT molecular complexity index is 295. The maximum Gasteiger partial charge on any atom is 0.0349 e. The molecular formula is C12H17N. The largest absolute Gasteiger partial charge is 0.323 e. The minimum atomic E-state index is 0.230. The standard InChI is InChI=1S/C12H17N/c1-9-3-5-10(6-4-9)11(13)12(2)7-8-12/h3-6,11H,7-8,13H2,1-2H3. The van der Waals surface area contributed by atoms with E-state index in [0.717, 1.165) is 0 Å². The van der Waals surface area contributed by atoms with Crippen molar-refractivity contribution in [1.29, 1.82) is 0 Å². The lowest BCUT2D eigenvalue weighted by atomic mass is 9.92. The van der Waals surface area contributed by atoms with Gasteiger partial charge in [-0.2, -0.15) is 0 Å². The Morgan fingerprint density at radius 3 is 2.23 bits per heavy atom. The summed E-state index contributed by atoms with van der Waals surface area (Å²) in [5.41, 5.74) is 9.15. The number of benzene rings is 1. The van der Waals surface area contributed by atoms with Gasteiger partial charge in [-0.05, 0) is 30.7 Å². The number of aryl methyl sites for hydroxylation is 1. The van der Waals surface area contributed by atoms with E-state index in [1.54, 1.807) is 0 Å². The number of hydrogen-bond acceptors (Lipinski definition) is 1. The van der Waals surface area contributed by atoms with Crippen LogP contribution in [0.2, 0.25) is 0 Å². The van der Waals surface area contributed by atoms with Crippen LogP contribution < -0.4 is 5.73 Å². The minimum Gasteiger partial charge on any atom is -0.323 e. The molecule has 0 saturated heterocycles. The summed E-state index contributed by atoms with van der Waals surface area (Å²) in [5, 5.41) is 0. The quantitative estimate of drug-likeness (QED) is 0.735. The minimum absolute atomic E-state index is 0.230. The fourth-order valence-electron chi connectivity index (χ4n) is 1.68. The predicted octanol–water partition coefficient (Wildman–Crippen LogP) is 2.79. The molecule has 0 heterocycles. The van der Waals surface area contributed by atoms with Gasteiger partial charge in [0.05, 0.1) is 0 Å². The van der Waals surface area contributed by atoms with Crippen LogP contribution in [0, 0.1) is 12.3 Å². The molecule has 13 heavy (non-hydrogen) atoms. The van der Waals surface area contributed by atoms with E-state index >= 15 is 0 Å². The first kappa shape index (κ1) is 8.76. The molecule has 1 aliphatic rings. The fraction of sp³-hybridized carbons (Fsp3) is 0.500. The third-order valence-electron chi connectivity index (χ3n) is 3.23. The molecule has 2 N–H and O–H groups in total. The lowest BCUT2D eigenvalue weighted by Gasteiger charge is -2.19. The normalized spacial score (nSPS) is 21.2. The van der Waals surface area contributed by atoms with Gasteiger partial charge in [0.25, 0.3) is 0 Å². The SMILES string of the molecule is Cc1ccc(C(N)C2(C)CC2)cc1. The van der Waals surface area contributed by atoms with E-state index in [9.17, 15) is 0 Å². The zero-order valence-electron chi connectivity index (χ0n) is 8.38. The predicted molar refractivity (Wildman–Crippen MR) is 55.4 cm³/mol. The summed E-state index contributed by atoms with van der Waals surface area (Å²) in [6.45, 7) is 4.38. The fourth-order valence-corrected chi connectivity index (χ4v) is 1.68. The molecule has 1 unspecified atom stereocenters. The molecule has 70 valence electrons. The summed E-state index contributed by atoms with van der Waals surface area (Å²) in [5.74, 6) is 0. The average molecular weight is 175 g/mol. The van der Waals surface area contributed by atoms with Crippen molar-refractivity contribution in [2.75, 3.05) is 0 Å². The number of hydrogen-bond donors (Lipinski definition) is 1. The van der Waals surface area contributed by atoms with Crippen molar-refractivity contribution in [1.82, 2.24) is 0 Å². The van der Waals surface area contributed by atoms with Gasteiger partial charge >= 0.3 is 0 Å². The van der Waals surface area contributed by atoms with Crippen LogP contribution in [0.3, 0.4) is 0 Å². The van der Waals surface area contributed by atoms with Gasteiger partial charge in [0.15, 0.2) is 0 Å². The van der Waals surface area contributed by atoms with Crippen LogP contribution in [0.15, 0.2) is 24.3 Å². The molecule has 1 aromatic rings. The lowest BCUT2D eigenvalue weighted by molar-refractivity contribution is 0.451. The van der Waals surface area contributed by atoms with Gasteiger partial charge in [-0.1, -0.05) is 36.8 Å². The summed E-state index contributed by atoms with van der Waals surface area (Å²) in [7, 11) is 0. The Hall–Kier alpha value is -0.820. The van der Waals surface area contributed by atoms with Crippen LogP contribution >= 0.6 is 0 Å². The highest BCUT2D eigenvalue weighted by molar-refractivity contribution is 5.26. The van der Waals surface area contributed by atoms with Crippen molar-refractivity contribution >= 4 is 0 Å². The lowest BCUT2D eigenvalue weighted by Crippen LogP contribution is -2.19. The molecule has 2 rings (SSSR count). The monoisotopic (exact) mass is 175 g/mol. The highest BCUT2D eigenvalue weighted by Gasteiger charge is 2.43. The van der Waals surface area contributed by atoms with Crippen LogP contribution in [-0.2, 0) is 0 Å². The molecule has 1 saturated carbocycles. The third-order valence-corrected chi connectivity index (χ3v) is 3.23. The Labute approximate surface area is 80.0 Å². The smallest absolute Gasteiger partial charge is 0.0349 e. The molecular weight excluding hydrogens is 158 g/mol. The van der Waals surface area contributed by atoms with Crippen molar-refractivity contribution in [3.8, 4) is 0 Å². The van der Waals surface area contributed by atoms with E-state index < -0.39 is 0 Å². The number of rotatable bonds is 2. The van der Waals surface area contributed by atoms with Crippen LogP contribution in [0.5, 0.6) is 0 Å². The topological polar surface area (TPSA) is 26.0 Å². The number of nitrogens with two attached hydrogens (primary N) is 1. The van der Waals surface area contributed by atoms with Gasteiger partial charge in [0.1, 0.15) is 0 Å². The second-order valence-electron chi connectivity index (χ2n) is 4.54. The van der Waals surface area contributed by atoms with Crippen molar-refractivity contribution in [2.45, 2.75) is 32.7 Å². The summed E-state index contributed by atoms with van der Waals surface area (Å²) in [4.78, 5) is 0. The Morgan fingerprint density at radius 1 is 1.23 bits per heavy atom. The Balaban J connectivity index is 2.20. The molecule has 1 heteroatoms. The molecule has 1 nitrogen and oxygen atoms in total. The second-order valence-corrected chi connectivity index (χ2v) is 4.54. The maximum absolute atomic E-state index is 6.18.